The van der Waals surface area contributed by atoms with E-state index in [0.29, 0.717) is 6.04 Å². The maximum absolute atomic E-state index is 13.6. The molecule has 0 unspecified atom stereocenters. The lowest BCUT2D eigenvalue weighted by molar-refractivity contribution is -0.118. The molecule has 0 saturated carbocycles. The van der Waals surface area contributed by atoms with Crippen LogP contribution in [-0.2, 0) is 4.79 Å². The molecule has 1 amide bonds. The van der Waals surface area contributed by atoms with Crippen LogP contribution in [0.5, 0.6) is 0 Å². The van der Waals surface area contributed by atoms with Crippen molar-refractivity contribution in [1.29, 1.82) is 0 Å². The van der Waals surface area contributed by atoms with E-state index in [1.807, 2.05) is 0 Å². The topological polar surface area (TPSA) is 44.4 Å². The molecule has 1 aromatic carbocycles. The molecule has 1 aliphatic heterocycles. The highest BCUT2D eigenvalue weighted by atomic mass is 35.5. The number of nitrogens with zero attached hydrogens (tertiary/aromatic N) is 1. The summed E-state index contributed by atoms with van der Waals surface area (Å²) in [5.41, 5.74) is -0.105. The van der Waals surface area contributed by atoms with E-state index in [0.717, 1.165) is 57.1 Å². The summed E-state index contributed by atoms with van der Waals surface area (Å²) in [7, 11) is 0. The van der Waals surface area contributed by atoms with Gasteiger partial charge in [0.15, 0.2) is 0 Å². The molecule has 1 aliphatic rings. The van der Waals surface area contributed by atoms with E-state index >= 15 is 0 Å². The number of amides is 1. The van der Waals surface area contributed by atoms with Crippen LogP contribution in [0.2, 0.25) is 0 Å². The number of anilines is 1. The number of benzene rings is 1. The maximum Gasteiger partial charge on any atom is 0.238 e. The van der Waals surface area contributed by atoms with Gasteiger partial charge < -0.3 is 10.6 Å². The number of piperidine rings is 1. The van der Waals surface area contributed by atoms with Crippen LogP contribution in [0.1, 0.15) is 26.2 Å². The lowest BCUT2D eigenvalue weighted by Crippen LogP contribution is -2.46. The molecule has 0 atom stereocenters. The Morgan fingerprint density at radius 1 is 1.35 bits per heavy atom. The van der Waals surface area contributed by atoms with Crippen LogP contribution in [0.25, 0.3) is 0 Å². The Kier molecular flexibility index (Phi) is 8.44. The van der Waals surface area contributed by atoms with E-state index in [-0.39, 0.29) is 30.5 Å². The first-order valence-corrected chi connectivity index (χ1v) is 7.80. The molecule has 2 N–H and O–H groups in total. The van der Waals surface area contributed by atoms with Crippen molar-refractivity contribution < 1.29 is 13.6 Å². The Bertz CT molecular complexity index is 510. The molecule has 0 radical (unpaired) electrons. The number of carbonyl (C=O) groups excluding carboxylic acids is 1. The quantitative estimate of drug-likeness (QED) is 0.831. The fourth-order valence-electron chi connectivity index (χ4n) is 2.82. The second kappa shape index (κ2) is 9.80. The smallest absolute Gasteiger partial charge is 0.238 e. The fourth-order valence-corrected chi connectivity index (χ4v) is 2.82. The van der Waals surface area contributed by atoms with Crippen LogP contribution in [0.3, 0.4) is 0 Å². The lowest BCUT2D eigenvalue weighted by Gasteiger charge is -2.34. The number of hydrogen-bond donors (Lipinski definition) is 2. The first-order valence-electron chi connectivity index (χ1n) is 7.80. The highest BCUT2D eigenvalue weighted by Gasteiger charge is 2.22. The zero-order valence-corrected chi connectivity index (χ0v) is 14.1. The molecule has 0 aromatic heterocycles. The molecule has 1 heterocycles. The standard InChI is InChI=1S/C16H23F2N3O.ClH/c1-2-9-21(13-5-7-19-8-6-13)11-16(22)20-15-10-12(17)3-4-14(15)18;/h3-4,10,13,19H,2,5-9,11H2,1H3,(H,20,22);1H. The predicted molar refractivity (Wildman–Crippen MR) is 90.0 cm³/mol. The third-order valence-electron chi connectivity index (χ3n) is 3.89. The molecule has 0 spiro atoms. The molecule has 1 fully saturated rings. The van der Waals surface area contributed by atoms with Gasteiger partial charge >= 0.3 is 0 Å². The predicted octanol–water partition coefficient (Wildman–Crippen LogP) is 2.79. The van der Waals surface area contributed by atoms with E-state index in [9.17, 15) is 13.6 Å². The number of halogens is 3. The van der Waals surface area contributed by atoms with Gasteiger partial charge in [0, 0.05) is 12.1 Å². The third kappa shape index (κ3) is 6.05. The van der Waals surface area contributed by atoms with Crippen LogP contribution < -0.4 is 10.6 Å². The monoisotopic (exact) mass is 347 g/mol. The summed E-state index contributed by atoms with van der Waals surface area (Å²) in [6, 6.07) is 3.41. The largest absolute Gasteiger partial charge is 0.322 e. The summed E-state index contributed by atoms with van der Waals surface area (Å²) in [4.78, 5) is 14.3. The van der Waals surface area contributed by atoms with Gasteiger partial charge in [0.05, 0.1) is 12.2 Å². The van der Waals surface area contributed by atoms with Crippen molar-refractivity contribution >= 4 is 24.0 Å². The Labute approximate surface area is 142 Å². The number of hydrogen-bond acceptors (Lipinski definition) is 3. The summed E-state index contributed by atoms with van der Waals surface area (Å²) in [6.45, 7) is 4.99. The minimum absolute atomic E-state index is 0. The van der Waals surface area contributed by atoms with Gasteiger partial charge in [-0.3, -0.25) is 9.69 Å². The lowest BCUT2D eigenvalue weighted by atomic mass is 10.0. The van der Waals surface area contributed by atoms with Crippen molar-refractivity contribution in [2.24, 2.45) is 0 Å². The summed E-state index contributed by atoms with van der Waals surface area (Å²) in [5, 5.41) is 5.77. The molecule has 1 saturated heterocycles. The van der Waals surface area contributed by atoms with Gasteiger partial charge in [0.1, 0.15) is 11.6 Å². The molecule has 0 aliphatic carbocycles. The molecule has 23 heavy (non-hydrogen) atoms. The first kappa shape index (κ1) is 19.8. The minimum atomic E-state index is -0.626. The number of rotatable bonds is 6. The van der Waals surface area contributed by atoms with E-state index < -0.39 is 11.6 Å². The average Bonchev–Trinajstić information content (AvgIpc) is 2.51. The molecule has 4 nitrogen and oxygen atoms in total. The van der Waals surface area contributed by atoms with Crippen LogP contribution in [0, 0.1) is 11.6 Å². The van der Waals surface area contributed by atoms with Crippen LogP contribution >= 0.6 is 12.4 Å². The molecular formula is C16H24ClF2N3O. The van der Waals surface area contributed by atoms with Crippen molar-refractivity contribution in [3.63, 3.8) is 0 Å². The van der Waals surface area contributed by atoms with Gasteiger partial charge in [-0.05, 0) is 51.0 Å². The van der Waals surface area contributed by atoms with Crippen molar-refractivity contribution in [2.75, 3.05) is 31.5 Å². The molecule has 0 bridgehead atoms. The summed E-state index contributed by atoms with van der Waals surface area (Å²) in [6.07, 6.45) is 2.95. The molecule has 7 heteroatoms. The van der Waals surface area contributed by atoms with Gasteiger partial charge in [-0.2, -0.15) is 0 Å². The molecule has 2 rings (SSSR count). The minimum Gasteiger partial charge on any atom is -0.322 e. The van der Waals surface area contributed by atoms with E-state index in [2.05, 4.69) is 22.5 Å². The second-order valence-corrected chi connectivity index (χ2v) is 5.62. The molecule has 130 valence electrons. The zero-order valence-electron chi connectivity index (χ0n) is 13.3. The highest BCUT2D eigenvalue weighted by Crippen LogP contribution is 2.16. The van der Waals surface area contributed by atoms with Crippen LogP contribution in [0.4, 0.5) is 14.5 Å². The van der Waals surface area contributed by atoms with Crippen molar-refractivity contribution in [3.05, 3.63) is 29.8 Å². The average molecular weight is 348 g/mol. The third-order valence-corrected chi connectivity index (χ3v) is 3.89. The number of carbonyl (C=O) groups is 1. The summed E-state index contributed by atoms with van der Waals surface area (Å²) < 4.78 is 26.7. The Morgan fingerprint density at radius 2 is 2.04 bits per heavy atom. The SMILES string of the molecule is CCCN(CC(=O)Nc1cc(F)ccc1F)C1CCNCC1.Cl. The van der Waals surface area contributed by atoms with E-state index in [1.54, 1.807) is 0 Å². The summed E-state index contributed by atoms with van der Waals surface area (Å²) >= 11 is 0. The fraction of sp³-hybridized carbons (Fsp3) is 0.562. The van der Waals surface area contributed by atoms with Gasteiger partial charge in [0.2, 0.25) is 5.91 Å². The van der Waals surface area contributed by atoms with Crippen molar-refractivity contribution in [3.8, 4) is 0 Å². The molecular weight excluding hydrogens is 324 g/mol. The first-order chi connectivity index (χ1) is 10.6. The number of nitrogens with one attached hydrogen (secondary N) is 2. The summed E-state index contributed by atoms with van der Waals surface area (Å²) in [5.74, 6) is -1.50. The normalized spacial score (nSPS) is 15.3. The van der Waals surface area contributed by atoms with Crippen LogP contribution in [0.15, 0.2) is 18.2 Å². The maximum atomic E-state index is 13.6. The van der Waals surface area contributed by atoms with Gasteiger partial charge in [0.25, 0.3) is 0 Å². The second-order valence-electron chi connectivity index (χ2n) is 5.62. The Morgan fingerprint density at radius 3 is 2.70 bits per heavy atom. The van der Waals surface area contributed by atoms with Gasteiger partial charge in [-0.15, -0.1) is 12.4 Å². The van der Waals surface area contributed by atoms with Crippen LogP contribution in [-0.4, -0.2) is 43.0 Å². The zero-order chi connectivity index (χ0) is 15.9. The van der Waals surface area contributed by atoms with Crippen molar-refractivity contribution in [2.45, 2.75) is 32.2 Å². The van der Waals surface area contributed by atoms with Gasteiger partial charge in [-0.25, -0.2) is 8.78 Å². The Balaban J connectivity index is 0.00000264. The van der Waals surface area contributed by atoms with Crippen molar-refractivity contribution in [1.82, 2.24) is 10.2 Å². The Hall–Kier alpha value is -1.24. The van der Waals surface area contributed by atoms with E-state index in [4.69, 9.17) is 0 Å². The van der Waals surface area contributed by atoms with Gasteiger partial charge in [-0.1, -0.05) is 6.92 Å². The highest BCUT2D eigenvalue weighted by molar-refractivity contribution is 5.92. The molecule has 1 aromatic rings. The van der Waals surface area contributed by atoms with E-state index in [1.165, 1.54) is 0 Å².